The van der Waals surface area contributed by atoms with Crippen LogP contribution in [-0.2, 0) is 10.3 Å². The van der Waals surface area contributed by atoms with Gasteiger partial charge in [-0.1, -0.05) is 0 Å². The molecular formula is H4N2O5S. The number of nitrogens with two attached hydrogens (primary N) is 1. The van der Waals surface area contributed by atoms with Gasteiger partial charge < -0.3 is 5.21 Å². The SMILES string of the molecule is NS(=O)(=O)O.O=NO. The van der Waals surface area contributed by atoms with Crippen molar-refractivity contribution in [2.75, 3.05) is 0 Å². The van der Waals surface area contributed by atoms with Gasteiger partial charge in [-0.2, -0.15) is 8.42 Å². The van der Waals surface area contributed by atoms with Gasteiger partial charge in [0, 0.05) is 0 Å². The first kappa shape index (κ1) is 10.3. The molecule has 0 fully saturated rings. The Kier molecular flexibility index (Phi) is 5.70. The van der Waals surface area contributed by atoms with E-state index in [4.69, 9.17) is 23.1 Å². The smallest absolute Gasteiger partial charge is 0.330 e. The third kappa shape index (κ3) is 180. The van der Waals surface area contributed by atoms with Gasteiger partial charge in [-0.3, -0.25) is 4.55 Å². The summed E-state index contributed by atoms with van der Waals surface area (Å²) in [6.45, 7) is 0. The Morgan fingerprint density at radius 1 is 1.50 bits per heavy atom. The van der Waals surface area contributed by atoms with E-state index in [9.17, 15) is 0 Å². The van der Waals surface area contributed by atoms with Crippen LogP contribution in [0.3, 0.4) is 0 Å². The molecule has 0 aromatic carbocycles. The zero-order valence-corrected chi connectivity index (χ0v) is 4.37. The summed E-state index contributed by atoms with van der Waals surface area (Å²) in [6.07, 6.45) is 0. The van der Waals surface area contributed by atoms with Crippen LogP contribution in [0.5, 0.6) is 0 Å². The molecule has 0 heterocycles. The largest absolute Gasteiger partial charge is 0.379 e. The van der Waals surface area contributed by atoms with Gasteiger partial charge in [0.05, 0.1) is 0 Å². The molecule has 0 bridgehead atoms. The van der Waals surface area contributed by atoms with Crippen LogP contribution in [0.4, 0.5) is 0 Å². The van der Waals surface area contributed by atoms with Crippen molar-refractivity contribution in [1.82, 2.24) is 0 Å². The zero-order valence-electron chi connectivity index (χ0n) is 3.55. The Bertz CT molecular complexity index is 125. The fourth-order valence-corrected chi connectivity index (χ4v) is 0. The Morgan fingerprint density at radius 3 is 1.50 bits per heavy atom. The first-order chi connectivity index (χ1) is 3.41. The van der Waals surface area contributed by atoms with Crippen molar-refractivity contribution >= 4 is 10.3 Å². The molecule has 0 aromatic heterocycles. The summed E-state index contributed by atoms with van der Waals surface area (Å²) in [6, 6.07) is 0. The minimum atomic E-state index is -4.17. The number of rotatable bonds is 0. The molecule has 0 radical (unpaired) electrons. The molecule has 0 aliphatic carbocycles. The lowest BCUT2D eigenvalue weighted by Gasteiger charge is -1.70. The summed E-state index contributed by atoms with van der Waals surface area (Å²) in [5, 5.41) is 11.8. The maximum absolute atomic E-state index is 8.97. The molecule has 8 heavy (non-hydrogen) atoms. The van der Waals surface area contributed by atoms with Crippen LogP contribution in [0.2, 0.25) is 0 Å². The standard InChI is InChI=1S/H3NO3S.HNO2/c1-5(2,3)4;2-1-3/h(H3,1,2,3,4);(H,2,3). The second-order valence-electron chi connectivity index (χ2n) is 0.597. The summed E-state index contributed by atoms with van der Waals surface area (Å²) >= 11 is 0. The van der Waals surface area contributed by atoms with Crippen molar-refractivity contribution in [2.24, 2.45) is 10.5 Å². The fourth-order valence-electron chi connectivity index (χ4n) is 0. The summed E-state index contributed by atoms with van der Waals surface area (Å²) < 4.78 is 25.2. The molecule has 0 aliphatic rings. The van der Waals surface area contributed by atoms with E-state index in [-0.39, 0.29) is 0 Å². The lowest BCUT2D eigenvalue weighted by atomic mass is 13.4. The van der Waals surface area contributed by atoms with Crippen molar-refractivity contribution in [1.29, 1.82) is 0 Å². The average molecular weight is 144 g/mol. The van der Waals surface area contributed by atoms with Crippen molar-refractivity contribution in [3.05, 3.63) is 4.91 Å². The third-order valence-electron chi connectivity index (χ3n) is 0. The van der Waals surface area contributed by atoms with Crippen molar-refractivity contribution in [3.63, 3.8) is 0 Å². The highest BCUT2D eigenvalue weighted by Gasteiger charge is 1.81. The highest BCUT2D eigenvalue weighted by atomic mass is 32.2. The first-order valence-corrected chi connectivity index (χ1v) is 2.64. The molecule has 0 aliphatic heterocycles. The van der Waals surface area contributed by atoms with Crippen molar-refractivity contribution in [3.8, 4) is 0 Å². The minimum absolute atomic E-state index is 1.25. The minimum Gasteiger partial charge on any atom is -0.379 e. The summed E-state index contributed by atoms with van der Waals surface area (Å²) in [7, 11) is -4.17. The van der Waals surface area contributed by atoms with Gasteiger partial charge in [0.2, 0.25) is 0 Å². The van der Waals surface area contributed by atoms with Gasteiger partial charge in [0.25, 0.3) is 0 Å². The normalized spacial score (nSPS) is 8.75. The van der Waals surface area contributed by atoms with E-state index < -0.39 is 10.3 Å². The third-order valence-corrected chi connectivity index (χ3v) is 0. The molecule has 8 heteroatoms. The molecular weight excluding hydrogens is 140 g/mol. The Balaban J connectivity index is 0. The van der Waals surface area contributed by atoms with Crippen molar-refractivity contribution in [2.45, 2.75) is 0 Å². The summed E-state index contributed by atoms with van der Waals surface area (Å²) in [5.41, 5.74) is 0. The predicted molar refractivity (Wildman–Crippen MR) is 23.3 cm³/mol. The number of hydrogen-bond acceptors (Lipinski definition) is 4. The van der Waals surface area contributed by atoms with Crippen molar-refractivity contribution < 1.29 is 18.2 Å². The van der Waals surface area contributed by atoms with E-state index in [1.165, 1.54) is 5.34 Å². The van der Waals surface area contributed by atoms with Gasteiger partial charge in [-0.15, -0.1) is 4.91 Å². The van der Waals surface area contributed by atoms with E-state index in [0.29, 0.717) is 0 Å². The second-order valence-corrected chi connectivity index (χ2v) is 1.63. The highest BCUT2D eigenvalue weighted by Crippen LogP contribution is 1.50. The lowest BCUT2D eigenvalue weighted by molar-refractivity contribution is 0.312. The van der Waals surface area contributed by atoms with E-state index in [1.807, 2.05) is 0 Å². The first-order valence-electron chi connectivity index (χ1n) is 1.13. The summed E-state index contributed by atoms with van der Waals surface area (Å²) in [5.74, 6) is 0. The number of nitrogens with zero attached hydrogens (tertiary/aromatic N) is 1. The quantitative estimate of drug-likeness (QED) is 0.225. The average Bonchev–Trinajstić information content (AvgIpc) is 1.27. The molecule has 0 rings (SSSR count). The van der Waals surface area contributed by atoms with Crippen LogP contribution in [-0.4, -0.2) is 18.2 Å². The van der Waals surface area contributed by atoms with Crippen LogP contribution in [0.25, 0.3) is 0 Å². The molecule has 0 spiro atoms. The lowest BCUT2D eigenvalue weighted by Crippen LogP contribution is -2.08. The maximum atomic E-state index is 8.97. The van der Waals surface area contributed by atoms with Gasteiger partial charge in [-0.25, -0.2) is 5.14 Å². The predicted octanol–water partition coefficient (Wildman–Crippen LogP) is -1.11. The Morgan fingerprint density at radius 2 is 1.50 bits per heavy atom. The van der Waals surface area contributed by atoms with E-state index in [1.54, 1.807) is 0 Å². The Hall–Kier alpha value is -0.730. The molecule has 0 atom stereocenters. The van der Waals surface area contributed by atoms with E-state index >= 15 is 0 Å². The maximum Gasteiger partial charge on any atom is 0.330 e. The van der Waals surface area contributed by atoms with E-state index in [2.05, 4.69) is 5.14 Å². The fraction of sp³-hybridized carbons (Fsp3) is 0. The zero-order chi connectivity index (χ0) is 7.21. The Labute approximate surface area is 44.9 Å². The van der Waals surface area contributed by atoms with Gasteiger partial charge in [0.1, 0.15) is 0 Å². The number of hydrogen-bond donors (Lipinski definition) is 3. The molecule has 0 saturated heterocycles. The second kappa shape index (κ2) is 4.43. The summed E-state index contributed by atoms with van der Waals surface area (Å²) in [4.78, 5) is 8.11. The van der Waals surface area contributed by atoms with E-state index in [0.717, 1.165) is 0 Å². The molecule has 0 unspecified atom stereocenters. The van der Waals surface area contributed by atoms with Crippen LogP contribution in [0.1, 0.15) is 0 Å². The monoisotopic (exact) mass is 144 g/mol. The van der Waals surface area contributed by atoms with Crippen LogP contribution in [0.15, 0.2) is 5.34 Å². The molecule has 50 valence electrons. The van der Waals surface area contributed by atoms with Gasteiger partial charge >= 0.3 is 10.3 Å². The molecule has 0 saturated carbocycles. The molecule has 0 aromatic rings. The topological polar surface area (TPSA) is 130 Å². The van der Waals surface area contributed by atoms with Crippen LogP contribution >= 0.6 is 0 Å². The molecule has 7 nitrogen and oxygen atoms in total. The van der Waals surface area contributed by atoms with Crippen LogP contribution in [0, 0.1) is 4.91 Å². The molecule has 4 N–H and O–H groups in total. The van der Waals surface area contributed by atoms with Gasteiger partial charge in [-0.05, 0) is 0 Å². The molecule has 0 amide bonds. The van der Waals surface area contributed by atoms with Crippen LogP contribution < -0.4 is 5.14 Å². The van der Waals surface area contributed by atoms with Gasteiger partial charge in [0.15, 0.2) is 5.34 Å². The highest BCUT2D eigenvalue weighted by molar-refractivity contribution is 7.83.